The lowest BCUT2D eigenvalue weighted by Crippen LogP contribution is -1.94. The molecule has 0 radical (unpaired) electrons. The van der Waals surface area contributed by atoms with Crippen molar-refractivity contribution in [2.75, 3.05) is 6.54 Å². The fourth-order valence-corrected chi connectivity index (χ4v) is 0.946. The largest absolute Gasteiger partial charge is 0.151 e. The van der Waals surface area contributed by atoms with Crippen molar-refractivity contribution in [3.63, 3.8) is 0 Å². The Labute approximate surface area is 54.9 Å². The molecule has 9 heavy (non-hydrogen) atoms. The molecule has 2 nitrogen and oxygen atoms in total. The minimum absolute atomic E-state index is 0.483. The molecule has 1 rings (SSSR count). The molecule has 0 amide bonds. The van der Waals surface area contributed by atoms with Gasteiger partial charge in [0.15, 0.2) is 0 Å². The summed E-state index contributed by atoms with van der Waals surface area (Å²) in [7, 11) is 0. The molecule has 0 unspecified atom stereocenters. The van der Waals surface area contributed by atoms with E-state index in [0.29, 0.717) is 6.54 Å². The molecule has 0 fully saturated rings. The maximum absolute atomic E-state index is 9.62. The molecule has 1 aliphatic rings. The first-order valence-corrected chi connectivity index (χ1v) is 3.40. The molecule has 0 aliphatic heterocycles. The summed E-state index contributed by atoms with van der Waals surface area (Å²) >= 11 is 0. The summed E-state index contributed by atoms with van der Waals surface area (Å²) in [6.07, 6.45) is 6.76. The second-order valence-electron chi connectivity index (χ2n) is 2.36. The average Bonchev–Trinajstić information content (AvgIpc) is 1.76. The highest BCUT2D eigenvalue weighted by atomic mass is 16.3. The molecule has 2 heteroatoms. The molecule has 0 heterocycles. The van der Waals surface area contributed by atoms with Crippen molar-refractivity contribution in [1.29, 1.82) is 0 Å². The SMILES string of the molecule is O=NCCCC1=CCC1. The highest BCUT2D eigenvalue weighted by Crippen LogP contribution is 2.22. The van der Waals surface area contributed by atoms with Crippen LogP contribution in [0.5, 0.6) is 0 Å². The van der Waals surface area contributed by atoms with Crippen LogP contribution in [0, 0.1) is 4.91 Å². The molecule has 0 aromatic rings. The van der Waals surface area contributed by atoms with Crippen molar-refractivity contribution in [2.24, 2.45) is 5.18 Å². The van der Waals surface area contributed by atoms with Crippen LogP contribution in [0.1, 0.15) is 25.7 Å². The van der Waals surface area contributed by atoms with E-state index in [2.05, 4.69) is 11.3 Å². The van der Waals surface area contributed by atoms with E-state index in [1.807, 2.05) is 0 Å². The molecule has 0 spiro atoms. The van der Waals surface area contributed by atoms with E-state index < -0.39 is 0 Å². The highest BCUT2D eigenvalue weighted by Gasteiger charge is 2.03. The summed E-state index contributed by atoms with van der Waals surface area (Å²) in [6, 6.07) is 0. The molecular formula is C7H11NO. The van der Waals surface area contributed by atoms with Gasteiger partial charge in [-0.1, -0.05) is 16.8 Å². The Morgan fingerprint density at radius 2 is 2.44 bits per heavy atom. The third kappa shape index (κ3) is 1.96. The van der Waals surface area contributed by atoms with Gasteiger partial charge in [-0.3, -0.25) is 0 Å². The van der Waals surface area contributed by atoms with Crippen molar-refractivity contribution in [2.45, 2.75) is 25.7 Å². The van der Waals surface area contributed by atoms with E-state index in [9.17, 15) is 4.91 Å². The first-order chi connectivity index (χ1) is 4.43. The smallest absolute Gasteiger partial charge is 0.0814 e. The van der Waals surface area contributed by atoms with Crippen LogP contribution in [-0.2, 0) is 0 Å². The van der Waals surface area contributed by atoms with Crippen LogP contribution in [0.2, 0.25) is 0 Å². The zero-order valence-corrected chi connectivity index (χ0v) is 5.47. The fraction of sp³-hybridized carbons (Fsp3) is 0.714. The van der Waals surface area contributed by atoms with Gasteiger partial charge in [0.2, 0.25) is 0 Å². The number of hydrogen-bond acceptors (Lipinski definition) is 2. The van der Waals surface area contributed by atoms with Crippen molar-refractivity contribution < 1.29 is 0 Å². The quantitative estimate of drug-likeness (QED) is 0.322. The molecule has 0 aromatic heterocycles. The molecule has 0 N–H and O–H groups in total. The van der Waals surface area contributed by atoms with E-state index >= 15 is 0 Å². The molecule has 0 bridgehead atoms. The summed E-state index contributed by atoms with van der Waals surface area (Å²) < 4.78 is 0. The van der Waals surface area contributed by atoms with Crippen LogP contribution in [0.15, 0.2) is 16.8 Å². The van der Waals surface area contributed by atoms with Crippen molar-refractivity contribution in [3.8, 4) is 0 Å². The summed E-state index contributed by atoms with van der Waals surface area (Å²) in [4.78, 5) is 9.62. The Bertz CT molecular complexity index is 129. The van der Waals surface area contributed by atoms with Gasteiger partial charge >= 0.3 is 0 Å². The van der Waals surface area contributed by atoms with Crippen LogP contribution in [0.3, 0.4) is 0 Å². The lowest BCUT2D eigenvalue weighted by molar-refractivity contribution is 0.733. The zero-order chi connectivity index (χ0) is 6.53. The topological polar surface area (TPSA) is 29.4 Å². The normalized spacial score (nSPS) is 16.2. The van der Waals surface area contributed by atoms with Gasteiger partial charge in [-0.25, -0.2) is 0 Å². The van der Waals surface area contributed by atoms with Crippen LogP contribution in [-0.4, -0.2) is 6.54 Å². The second-order valence-corrected chi connectivity index (χ2v) is 2.36. The third-order valence-corrected chi connectivity index (χ3v) is 1.65. The van der Waals surface area contributed by atoms with Crippen LogP contribution < -0.4 is 0 Å². The zero-order valence-electron chi connectivity index (χ0n) is 5.47. The van der Waals surface area contributed by atoms with Crippen molar-refractivity contribution in [1.82, 2.24) is 0 Å². The maximum atomic E-state index is 9.62. The van der Waals surface area contributed by atoms with E-state index in [4.69, 9.17) is 0 Å². The van der Waals surface area contributed by atoms with Gasteiger partial charge in [-0.05, 0) is 25.7 Å². The summed E-state index contributed by atoms with van der Waals surface area (Å²) in [5.41, 5.74) is 1.51. The fourth-order valence-electron chi connectivity index (χ4n) is 0.946. The summed E-state index contributed by atoms with van der Waals surface area (Å²) in [6.45, 7) is 0.483. The van der Waals surface area contributed by atoms with E-state index in [0.717, 1.165) is 12.8 Å². The van der Waals surface area contributed by atoms with Gasteiger partial charge in [0.05, 0.1) is 6.54 Å². The van der Waals surface area contributed by atoms with Gasteiger partial charge in [0.1, 0.15) is 0 Å². The summed E-state index contributed by atoms with van der Waals surface area (Å²) in [5, 5.41) is 2.79. The third-order valence-electron chi connectivity index (χ3n) is 1.65. The second kappa shape index (κ2) is 3.38. The number of hydrogen-bond donors (Lipinski definition) is 0. The first kappa shape index (κ1) is 6.46. The van der Waals surface area contributed by atoms with Gasteiger partial charge < -0.3 is 0 Å². The highest BCUT2D eigenvalue weighted by molar-refractivity contribution is 5.11. The van der Waals surface area contributed by atoms with Gasteiger partial charge in [0, 0.05) is 0 Å². The Hall–Kier alpha value is -0.660. The summed E-state index contributed by atoms with van der Waals surface area (Å²) in [5.74, 6) is 0. The molecule has 0 saturated heterocycles. The Balaban J connectivity index is 1.98. The van der Waals surface area contributed by atoms with E-state index in [-0.39, 0.29) is 0 Å². The average molecular weight is 125 g/mol. The Morgan fingerprint density at radius 1 is 1.67 bits per heavy atom. The molecule has 0 atom stereocenters. The first-order valence-electron chi connectivity index (χ1n) is 3.40. The number of nitrogens with zero attached hydrogens (tertiary/aromatic N) is 1. The van der Waals surface area contributed by atoms with Gasteiger partial charge in [-0.15, -0.1) is 0 Å². The number of allylic oxidation sites excluding steroid dienone is 2. The van der Waals surface area contributed by atoms with Crippen molar-refractivity contribution >= 4 is 0 Å². The molecular weight excluding hydrogens is 114 g/mol. The molecule has 0 saturated carbocycles. The molecule has 0 aromatic carbocycles. The molecule has 50 valence electrons. The lowest BCUT2D eigenvalue weighted by Gasteiger charge is -2.12. The van der Waals surface area contributed by atoms with Crippen LogP contribution in [0.25, 0.3) is 0 Å². The van der Waals surface area contributed by atoms with Crippen LogP contribution in [0.4, 0.5) is 0 Å². The monoisotopic (exact) mass is 125 g/mol. The van der Waals surface area contributed by atoms with Crippen molar-refractivity contribution in [3.05, 3.63) is 16.6 Å². The predicted molar refractivity (Wildman–Crippen MR) is 37.2 cm³/mol. The van der Waals surface area contributed by atoms with E-state index in [1.165, 1.54) is 18.4 Å². The van der Waals surface area contributed by atoms with Crippen LogP contribution >= 0.6 is 0 Å². The Kier molecular flexibility index (Phi) is 2.43. The lowest BCUT2D eigenvalue weighted by atomic mass is 9.95. The number of rotatable bonds is 4. The molecule has 1 aliphatic carbocycles. The standard InChI is InChI=1S/C7H11NO/c9-8-6-2-5-7-3-1-4-7/h3H,1-2,4-6H2. The minimum Gasteiger partial charge on any atom is -0.151 e. The van der Waals surface area contributed by atoms with E-state index in [1.54, 1.807) is 0 Å². The minimum atomic E-state index is 0.483. The number of nitroso groups, excluding NO2 is 1. The maximum Gasteiger partial charge on any atom is 0.0814 e. The van der Waals surface area contributed by atoms with Gasteiger partial charge in [0.25, 0.3) is 0 Å². The van der Waals surface area contributed by atoms with Gasteiger partial charge in [-0.2, -0.15) is 4.91 Å². The Morgan fingerprint density at radius 3 is 2.89 bits per heavy atom. The predicted octanol–water partition coefficient (Wildman–Crippen LogP) is 2.25.